The van der Waals surface area contributed by atoms with Gasteiger partial charge >= 0.3 is 0 Å². The van der Waals surface area contributed by atoms with Gasteiger partial charge in [-0.05, 0) is 37.1 Å². The number of piperazine rings is 1. The van der Waals surface area contributed by atoms with Gasteiger partial charge in [-0.1, -0.05) is 6.07 Å². The van der Waals surface area contributed by atoms with Crippen LogP contribution in [0.4, 0.5) is 5.69 Å². The zero-order valence-corrected chi connectivity index (χ0v) is 9.53. The zero-order chi connectivity index (χ0) is 10.8. The summed E-state index contributed by atoms with van der Waals surface area (Å²) in [5, 5.41) is 1.89. The number of hydrazine groups is 1. The van der Waals surface area contributed by atoms with E-state index in [1.54, 1.807) is 0 Å². The van der Waals surface area contributed by atoms with E-state index in [1.807, 2.05) is 5.01 Å². The quantitative estimate of drug-likeness (QED) is 0.701. The Morgan fingerprint density at radius 2 is 1.67 bits per heavy atom. The summed E-state index contributed by atoms with van der Waals surface area (Å²) in [5.74, 6) is 5.74. The molecule has 0 radical (unpaired) electrons. The van der Waals surface area contributed by atoms with Gasteiger partial charge in [0.2, 0.25) is 0 Å². The van der Waals surface area contributed by atoms with Crippen LogP contribution in [0.1, 0.15) is 11.1 Å². The average Bonchev–Trinajstić information content (AvgIpc) is 2.23. The molecule has 0 aromatic heterocycles. The summed E-state index contributed by atoms with van der Waals surface area (Å²) in [6.07, 6.45) is 0. The van der Waals surface area contributed by atoms with E-state index in [-0.39, 0.29) is 0 Å². The second kappa shape index (κ2) is 4.21. The minimum Gasteiger partial charge on any atom is -0.369 e. The second-order valence-corrected chi connectivity index (χ2v) is 4.29. The van der Waals surface area contributed by atoms with Gasteiger partial charge < -0.3 is 4.90 Å². The molecule has 1 heterocycles. The van der Waals surface area contributed by atoms with Crippen LogP contribution in [-0.2, 0) is 0 Å². The van der Waals surface area contributed by atoms with Gasteiger partial charge in [0.05, 0.1) is 0 Å². The summed E-state index contributed by atoms with van der Waals surface area (Å²) in [4.78, 5) is 2.40. The van der Waals surface area contributed by atoms with Crippen molar-refractivity contribution in [3.05, 3.63) is 29.3 Å². The first-order valence-corrected chi connectivity index (χ1v) is 5.48. The molecule has 1 aromatic carbocycles. The maximum absolute atomic E-state index is 5.74. The Bertz CT molecular complexity index is 341. The van der Waals surface area contributed by atoms with Crippen LogP contribution < -0.4 is 10.7 Å². The van der Waals surface area contributed by atoms with Crippen molar-refractivity contribution in [3.8, 4) is 0 Å². The van der Waals surface area contributed by atoms with Gasteiger partial charge in [0.15, 0.2) is 0 Å². The van der Waals surface area contributed by atoms with Crippen LogP contribution in [0.5, 0.6) is 0 Å². The van der Waals surface area contributed by atoms with Crippen LogP contribution >= 0.6 is 0 Å². The molecule has 3 nitrogen and oxygen atoms in total. The molecule has 0 atom stereocenters. The lowest BCUT2D eigenvalue weighted by molar-refractivity contribution is 0.266. The van der Waals surface area contributed by atoms with E-state index in [4.69, 9.17) is 5.84 Å². The second-order valence-electron chi connectivity index (χ2n) is 4.29. The predicted octanol–water partition coefficient (Wildman–Crippen LogP) is 1.30. The Balaban J connectivity index is 2.12. The lowest BCUT2D eigenvalue weighted by Gasteiger charge is -2.33. The first-order valence-electron chi connectivity index (χ1n) is 5.48. The highest BCUT2D eigenvalue weighted by Crippen LogP contribution is 2.19. The minimum absolute atomic E-state index is 0.951. The van der Waals surface area contributed by atoms with Crippen molar-refractivity contribution in [1.29, 1.82) is 0 Å². The third-order valence-corrected chi connectivity index (χ3v) is 3.17. The fraction of sp³-hybridized carbons (Fsp3) is 0.500. The third kappa shape index (κ3) is 2.30. The molecule has 1 aliphatic heterocycles. The lowest BCUT2D eigenvalue weighted by Crippen LogP contribution is -2.49. The molecule has 15 heavy (non-hydrogen) atoms. The minimum atomic E-state index is 0.951. The molecule has 1 saturated heterocycles. The van der Waals surface area contributed by atoms with Crippen LogP contribution in [0.25, 0.3) is 0 Å². The van der Waals surface area contributed by atoms with Crippen molar-refractivity contribution in [3.63, 3.8) is 0 Å². The van der Waals surface area contributed by atoms with E-state index in [0.717, 1.165) is 26.2 Å². The summed E-state index contributed by atoms with van der Waals surface area (Å²) < 4.78 is 0. The molecule has 0 bridgehead atoms. The molecule has 1 aromatic rings. The first-order chi connectivity index (χ1) is 7.16. The molecule has 0 amide bonds. The molecule has 0 spiro atoms. The summed E-state index contributed by atoms with van der Waals surface area (Å²) in [7, 11) is 0. The molecule has 3 heteroatoms. The third-order valence-electron chi connectivity index (χ3n) is 3.17. The highest BCUT2D eigenvalue weighted by Gasteiger charge is 2.14. The zero-order valence-electron chi connectivity index (χ0n) is 9.53. The van der Waals surface area contributed by atoms with E-state index >= 15 is 0 Å². The molecular formula is C12H19N3. The molecule has 1 aliphatic rings. The number of benzene rings is 1. The smallest absolute Gasteiger partial charge is 0.0369 e. The van der Waals surface area contributed by atoms with E-state index in [2.05, 4.69) is 36.9 Å². The SMILES string of the molecule is Cc1ccc(N2CCN(N)CC2)cc1C. The normalized spacial score (nSPS) is 18.2. The number of aryl methyl sites for hydroxylation is 2. The Kier molecular flexibility index (Phi) is 2.93. The molecule has 82 valence electrons. The molecule has 2 rings (SSSR count). The fourth-order valence-corrected chi connectivity index (χ4v) is 1.90. The highest BCUT2D eigenvalue weighted by molar-refractivity contribution is 5.50. The number of nitrogens with zero attached hydrogens (tertiary/aromatic N) is 2. The first kappa shape index (κ1) is 10.5. The van der Waals surface area contributed by atoms with Gasteiger partial charge in [0, 0.05) is 31.9 Å². The topological polar surface area (TPSA) is 32.5 Å². The number of anilines is 1. The van der Waals surface area contributed by atoms with Crippen LogP contribution in [0.3, 0.4) is 0 Å². The Labute approximate surface area is 91.4 Å². The van der Waals surface area contributed by atoms with Gasteiger partial charge in [-0.25, -0.2) is 5.01 Å². The highest BCUT2D eigenvalue weighted by atomic mass is 15.4. The summed E-state index contributed by atoms with van der Waals surface area (Å²) in [6, 6.07) is 6.66. The maximum atomic E-state index is 5.74. The van der Waals surface area contributed by atoms with E-state index in [0.29, 0.717) is 0 Å². The number of rotatable bonds is 1. The van der Waals surface area contributed by atoms with Gasteiger partial charge in [-0.15, -0.1) is 0 Å². The van der Waals surface area contributed by atoms with E-state index in [9.17, 15) is 0 Å². The van der Waals surface area contributed by atoms with Crippen LogP contribution in [0.2, 0.25) is 0 Å². The van der Waals surface area contributed by atoms with Crippen LogP contribution in [-0.4, -0.2) is 31.2 Å². The summed E-state index contributed by atoms with van der Waals surface area (Å²) >= 11 is 0. The molecule has 0 aliphatic carbocycles. The number of hydrogen-bond acceptors (Lipinski definition) is 3. The molecule has 0 saturated carbocycles. The van der Waals surface area contributed by atoms with Gasteiger partial charge in [-0.2, -0.15) is 0 Å². The standard InChI is InChI=1S/C12H19N3/c1-10-3-4-12(9-11(10)2)14-5-7-15(13)8-6-14/h3-4,9H,5-8,13H2,1-2H3. The van der Waals surface area contributed by atoms with Crippen molar-refractivity contribution >= 4 is 5.69 Å². The van der Waals surface area contributed by atoms with Gasteiger partial charge in [-0.3, -0.25) is 5.84 Å². The molecule has 0 unspecified atom stereocenters. The van der Waals surface area contributed by atoms with E-state index in [1.165, 1.54) is 16.8 Å². The number of hydrogen-bond donors (Lipinski definition) is 1. The van der Waals surface area contributed by atoms with Crippen molar-refractivity contribution in [2.45, 2.75) is 13.8 Å². The van der Waals surface area contributed by atoms with Crippen molar-refractivity contribution in [2.75, 3.05) is 31.1 Å². The largest absolute Gasteiger partial charge is 0.369 e. The van der Waals surface area contributed by atoms with Crippen LogP contribution in [0.15, 0.2) is 18.2 Å². The Morgan fingerprint density at radius 3 is 2.27 bits per heavy atom. The molecular weight excluding hydrogens is 186 g/mol. The summed E-state index contributed by atoms with van der Waals surface area (Å²) in [5.41, 5.74) is 4.05. The van der Waals surface area contributed by atoms with Crippen LogP contribution in [0, 0.1) is 13.8 Å². The van der Waals surface area contributed by atoms with E-state index < -0.39 is 0 Å². The van der Waals surface area contributed by atoms with Gasteiger partial charge in [0.1, 0.15) is 0 Å². The van der Waals surface area contributed by atoms with Crippen molar-refractivity contribution in [1.82, 2.24) is 5.01 Å². The maximum Gasteiger partial charge on any atom is 0.0369 e. The fourth-order valence-electron chi connectivity index (χ4n) is 1.90. The van der Waals surface area contributed by atoms with Gasteiger partial charge in [0.25, 0.3) is 0 Å². The summed E-state index contributed by atoms with van der Waals surface area (Å²) in [6.45, 7) is 8.27. The average molecular weight is 205 g/mol. The lowest BCUT2D eigenvalue weighted by atomic mass is 10.1. The predicted molar refractivity (Wildman–Crippen MR) is 63.9 cm³/mol. The Morgan fingerprint density at radius 1 is 1.00 bits per heavy atom. The van der Waals surface area contributed by atoms with Crippen molar-refractivity contribution in [2.24, 2.45) is 5.84 Å². The monoisotopic (exact) mass is 205 g/mol. The van der Waals surface area contributed by atoms with Crippen molar-refractivity contribution < 1.29 is 0 Å². The Hall–Kier alpha value is -1.06. The molecule has 1 fully saturated rings. The number of nitrogens with two attached hydrogens (primary N) is 1. The molecule has 2 N–H and O–H groups in total.